The first-order valence-electron chi connectivity index (χ1n) is 11.4. The number of rotatable bonds is 16. The third-order valence-electron chi connectivity index (χ3n) is 5.27. The molecule has 1 aromatic rings. The predicted octanol–water partition coefficient (Wildman–Crippen LogP) is 5.99. The van der Waals surface area contributed by atoms with Gasteiger partial charge in [-0.25, -0.2) is 0 Å². The maximum atomic E-state index is 12.2. The van der Waals surface area contributed by atoms with E-state index in [9.17, 15) is 9.90 Å². The number of hydrogen-bond acceptors (Lipinski definition) is 2. The summed E-state index contributed by atoms with van der Waals surface area (Å²) in [6.07, 6.45) is 20.6. The van der Waals surface area contributed by atoms with E-state index in [2.05, 4.69) is 24.4 Å². The highest BCUT2D eigenvalue weighted by Crippen LogP contribution is 2.10. The first-order chi connectivity index (χ1) is 14.2. The van der Waals surface area contributed by atoms with Gasteiger partial charge in [0.05, 0.1) is 19.1 Å². The molecular formula is C26H41NO2. The van der Waals surface area contributed by atoms with Gasteiger partial charge in [-0.3, -0.25) is 4.79 Å². The molecule has 2 N–H and O–H groups in total. The zero-order valence-corrected chi connectivity index (χ0v) is 18.5. The summed E-state index contributed by atoms with van der Waals surface area (Å²) in [6.45, 7) is 4.22. The van der Waals surface area contributed by atoms with Gasteiger partial charge in [-0.1, -0.05) is 113 Å². The van der Waals surface area contributed by atoms with E-state index in [0.29, 0.717) is 6.42 Å². The third kappa shape index (κ3) is 13.1. The van der Waals surface area contributed by atoms with Crippen LogP contribution in [0, 0.1) is 5.92 Å². The number of nitrogens with one attached hydrogen (secondary N) is 1. The molecule has 0 heterocycles. The van der Waals surface area contributed by atoms with E-state index in [-0.39, 0.29) is 24.5 Å². The highest BCUT2D eigenvalue weighted by Gasteiger charge is 2.16. The highest BCUT2D eigenvalue weighted by atomic mass is 16.3. The van der Waals surface area contributed by atoms with Gasteiger partial charge in [0.25, 0.3) is 0 Å². The minimum atomic E-state index is -0.261. The fourth-order valence-corrected chi connectivity index (χ4v) is 3.33. The number of carbonyl (C=O) groups excluding carboxylic acids is 1. The summed E-state index contributed by atoms with van der Waals surface area (Å²) in [5.41, 5.74) is 0.980. The number of carbonyl (C=O) groups is 1. The van der Waals surface area contributed by atoms with E-state index in [0.717, 1.165) is 12.0 Å². The van der Waals surface area contributed by atoms with Gasteiger partial charge in [-0.05, 0) is 24.3 Å². The van der Waals surface area contributed by atoms with Crippen molar-refractivity contribution >= 4 is 5.91 Å². The van der Waals surface area contributed by atoms with Crippen LogP contribution in [0.5, 0.6) is 0 Å². The van der Waals surface area contributed by atoms with Crippen LogP contribution in [0.3, 0.4) is 0 Å². The predicted molar refractivity (Wildman–Crippen MR) is 124 cm³/mol. The molecule has 0 saturated heterocycles. The zero-order chi connectivity index (χ0) is 21.2. The van der Waals surface area contributed by atoms with Gasteiger partial charge in [-0.2, -0.15) is 0 Å². The number of amides is 1. The van der Waals surface area contributed by atoms with Gasteiger partial charge in [0.2, 0.25) is 5.91 Å². The largest absolute Gasteiger partial charge is 0.394 e. The molecule has 0 aliphatic rings. The van der Waals surface area contributed by atoms with E-state index >= 15 is 0 Å². The van der Waals surface area contributed by atoms with E-state index in [1.807, 2.05) is 49.4 Å². The van der Waals surface area contributed by atoms with Crippen LogP contribution in [0.15, 0.2) is 54.6 Å². The molecule has 0 fully saturated rings. The highest BCUT2D eigenvalue weighted by molar-refractivity contribution is 5.78. The molecule has 2 atom stereocenters. The van der Waals surface area contributed by atoms with Crippen molar-refractivity contribution in [2.75, 3.05) is 6.61 Å². The Labute approximate surface area is 178 Å². The number of aliphatic hydroxyl groups is 1. The second-order valence-corrected chi connectivity index (χ2v) is 7.95. The Bertz CT molecular complexity index is 580. The summed E-state index contributed by atoms with van der Waals surface area (Å²) in [5, 5.41) is 12.6. The zero-order valence-electron chi connectivity index (χ0n) is 18.5. The van der Waals surface area contributed by atoms with Crippen molar-refractivity contribution in [2.45, 2.75) is 84.1 Å². The van der Waals surface area contributed by atoms with Gasteiger partial charge in [0.15, 0.2) is 0 Å². The Hall–Kier alpha value is -1.87. The molecule has 0 aromatic heterocycles. The van der Waals surface area contributed by atoms with Crippen molar-refractivity contribution in [3.8, 4) is 0 Å². The van der Waals surface area contributed by atoms with E-state index in [4.69, 9.17) is 0 Å². The smallest absolute Gasteiger partial charge is 0.224 e. The summed E-state index contributed by atoms with van der Waals surface area (Å²) in [6, 6.07) is 9.41. The second-order valence-electron chi connectivity index (χ2n) is 7.95. The lowest BCUT2D eigenvalue weighted by Gasteiger charge is -2.20. The minimum absolute atomic E-state index is 0.0549. The van der Waals surface area contributed by atoms with Gasteiger partial charge in [-0.15, -0.1) is 0 Å². The molecule has 0 saturated carbocycles. The molecule has 0 aliphatic heterocycles. The lowest BCUT2D eigenvalue weighted by Crippen LogP contribution is -2.42. The molecule has 1 amide bonds. The summed E-state index contributed by atoms with van der Waals surface area (Å²) >= 11 is 0. The number of hydrogen-bond donors (Lipinski definition) is 2. The third-order valence-corrected chi connectivity index (χ3v) is 5.27. The van der Waals surface area contributed by atoms with Crippen LogP contribution in [-0.4, -0.2) is 23.7 Å². The van der Waals surface area contributed by atoms with Crippen LogP contribution in [0.25, 0.3) is 0 Å². The SMILES string of the molecule is CCCCCCCCCC/C=C/C=C/C(C)[C@H](CO)NC(=O)Cc1ccccc1. The van der Waals surface area contributed by atoms with Gasteiger partial charge >= 0.3 is 0 Å². The van der Waals surface area contributed by atoms with Crippen LogP contribution in [0.2, 0.25) is 0 Å². The normalized spacial score (nSPS) is 13.8. The van der Waals surface area contributed by atoms with E-state index < -0.39 is 0 Å². The molecule has 1 unspecified atom stereocenters. The summed E-state index contributed by atoms with van der Waals surface area (Å²) in [4.78, 5) is 12.2. The summed E-state index contributed by atoms with van der Waals surface area (Å²) < 4.78 is 0. The van der Waals surface area contributed by atoms with Crippen molar-refractivity contribution in [2.24, 2.45) is 5.92 Å². The lowest BCUT2D eigenvalue weighted by molar-refractivity contribution is -0.121. The Kier molecular flexibility index (Phi) is 14.8. The fraction of sp³-hybridized carbons (Fsp3) is 0.577. The van der Waals surface area contributed by atoms with E-state index in [1.165, 1.54) is 51.4 Å². The molecule has 1 aromatic carbocycles. The average molecular weight is 400 g/mol. The molecule has 0 radical (unpaired) electrons. The molecular weight excluding hydrogens is 358 g/mol. The molecule has 3 heteroatoms. The van der Waals surface area contributed by atoms with Crippen LogP contribution in [0.4, 0.5) is 0 Å². The van der Waals surface area contributed by atoms with Crippen LogP contribution < -0.4 is 5.32 Å². The van der Waals surface area contributed by atoms with Crippen LogP contribution in [-0.2, 0) is 11.2 Å². The molecule has 1 rings (SSSR count). The Morgan fingerprint density at radius 1 is 1.00 bits per heavy atom. The second kappa shape index (κ2) is 17.0. The van der Waals surface area contributed by atoms with Crippen molar-refractivity contribution < 1.29 is 9.90 Å². The molecule has 0 bridgehead atoms. The Morgan fingerprint density at radius 3 is 2.31 bits per heavy atom. The van der Waals surface area contributed by atoms with Crippen molar-refractivity contribution in [1.82, 2.24) is 5.32 Å². The lowest BCUT2D eigenvalue weighted by atomic mass is 10.0. The first kappa shape index (κ1) is 25.2. The van der Waals surface area contributed by atoms with Gasteiger partial charge < -0.3 is 10.4 Å². The topological polar surface area (TPSA) is 49.3 Å². The van der Waals surface area contributed by atoms with Crippen molar-refractivity contribution in [3.63, 3.8) is 0 Å². The first-order valence-corrected chi connectivity index (χ1v) is 11.4. The monoisotopic (exact) mass is 399 g/mol. The fourth-order valence-electron chi connectivity index (χ4n) is 3.33. The molecule has 3 nitrogen and oxygen atoms in total. The number of allylic oxidation sites excluding steroid dienone is 3. The standard InChI is InChI=1S/C26H41NO2/c1-3-4-5-6-7-8-9-10-11-12-13-15-18-23(2)25(22-28)27-26(29)21-24-19-16-14-17-20-24/h12-20,23,25,28H,3-11,21-22H2,1-2H3,(H,27,29)/b13-12+,18-15+/t23?,25-/m0/s1. The molecule has 162 valence electrons. The Balaban J connectivity index is 2.19. The van der Waals surface area contributed by atoms with Crippen LogP contribution in [0.1, 0.15) is 77.2 Å². The average Bonchev–Trinajstić information content (AvgIpc) is 2.73. The number of unbranched alkanes of at least 4 members (excludes halogenated alkanes) is 8. The molecule has 0 spiro atoms. The maximum Gasteiger partial charge on any atom is 0.224 e. The van der Waals surface area contributed by atoms with Crippen molar-refractivity contribution in [3.05, 3.63) is 60.2 Å². The quantitative estimate of drug-likeness (QED) is 0.265. The Morgan fingerprint density at radius 2 is 1.66 bits per heavy atom. The molecule has 29 heavy (non-hydrogen) atoms. The number of aliphatic hydroxyl groups excluding tert-OH is 1. The van der Waals surface area contributed by atoms with E-state index in [1.54, 1.807) is 0 Å². The summed E-state index contributed by atoms with van der Waals surface area (Å²) in [7, 11) is 0. The molecule has 0 aliphatic carbocycles. The van der Waals surface area contributed by atoms with Crippen molar-refractivity contribution in [1.29, 1.82) is 0 Å². The van der Waals surface area contributed by atoms with Crippen LogP contribution >= 0.6 is 0 Å². The summed E-state index contributed by atoms with van der Waals surface area (Å²) in [5.74, 6) is 0.0215. The van der Waals surface area contributed by atoms with Gasteiger partial charge in [0.1, 0.15) is 0 Å². The minimum Gasteiger partial charge on any atom is -0.394 e. The van der Waals surface area contributed by atoms with Gasteiger partial charge in [0, 0.05) is 0 Å². The maximum absolute atomic E-state index is 12.2. The number of benzene rings is 1.